The van der Waals surface area contributed by atoms with Crippen molar-refractivity contribution in [3.8, 4) is 0 Å². The van der Waals surface area contributed by atoms with Gasteiger partial charge in [0.05, 0.1) is 0 Å². The SMILES string of the molecule is CNC(=O)CCN(C(=O)c1ccccc1CCN(C)C)C1CC1. The predicted octanol–water partition coefficient (Wildman–Crippen LogP) is 1.53. The molecule has 1 saturated carbocycles. The molecule has 1 aromatic rings. The predicted molar refractivity (Wildman–Crippen MR) is 91.4 cm³/mol. The smallest absolute Gasteiger partial charge is 0.254 e. The normalized spacial score (nSPS) is 13.9. The summed E-state index contributed by atoms with van der Waals surface area (Å²) in [7, 11) is 5.69. The van der Waals surface area contributed by atoms with Crippen LogP contribution in [0.25, 0.3) is 0 Å². The van der Waals surface area contributed by atoms with Gasteiger partial charge in [-0.05, 0) is 45.0 Å². The second-order valence-electron chi connectivity index (χ2n) is 6.36. The molecule has 23 heavy (non-hydrogen) atoms. The zero-order valence-corrected chi connectivity index (χ0v) is 14.3. The highest BCUT2D eigenvalue weighted by molar-refractivity contribution is 5.96. The van der Waals surface area contributed by atoms with E-state index in [0.717, 1.165) is 36.9 Å². The summed E-state index contributed by atoms with van der Waals surface area (Å²) in [6.07, 6.45) is 3.29. The molecule has 0 aliphatic heterocycles. The van der Waals surface area contributed by atoms with Crippen molar-refractivity contribution in [1.29, 1.82) is 0 Å². The molecule has 126 valence electrons. The molecule has 0 heterocycles. The number of carbonyl (C=O) groups is 2. The molecule has 0 spiro atoms. The van der Waals surface area contributed by atoms with E-state index >= 15 is 0 Å². The molecule has 0 unspecified atom stereocenters. The first kappa shape index (κ1) is 17.5. The number of likely N-dealkylation sites (N-methyl/N-ethyl adjacent to an activating group) is 1. The van der Waals surface area contributed by atoms with E-state index in [9.17, 15) is 9.59 Å². The molecule has 0 radical (unpaired) electrons. The number of nitrogens with zero attached hydrogens (tertiary/aromatic N) is 2. The first-order chi connectivity index (χ1) is 11.0. The van der Waals surface area contributed by atoms with Gasteiger partial charge < -0.3 is 15.1 Å². The number of carbonyl (C=O) groups excluding carboxylic acids is 2. The van der Waals surface area contributed by atoms with Crippen LogP contribution in [0.1, 0.15) is 35.2 Å². The lowest BCUT2D eigenvalue weighted by atomic mass is 10.0. The van der Waals surface area contributed by atoms with Crippen LogP contribution < -0.4 is 5.32 Å². The molecule has 5 nitrogen and oxygen atoms in total. The molecular formula is C18H27N3O2. The van der Waals surface area contributed by atoms with Crippen molar-refractivity contribution in [3.05, 3.63) is 35.4 Å². The molecule has 1 aliphatic rings. The fraction of sp³-hybridized carbons (Fsp3) is 0.556. The van der Waals surface area contributed by atoms with Gasteiger partial charge in [0.15, 0.2) is 0 Å². The lowest BCUT2D eigenvalue weighted by molar-refractivity contribution is -0.120. The van der Waals surface area contributed by atoms with Gasteiger partial charge in [0, 0.05) is 38.2 Å². The van der Waals surface area contributed by atoms with Crippen LogP contribution >= 0.6 is 0 Å². The van der Waals surface area contributed by atoms with Crippen LogP contribution in [0, 0.1) is 0 Å². The number of amides is 2. The molecule has 0 atom stereocenters. The first-order valence-electron chi connectivity index (χ1n) is 8.27. The van der Waals surface area contributed by atoms with Crippen LogP contribution in [-0.4, -0.2) is 61.9 Å². The average molecular weight is 317 g/mol. The highest BCUT2D eigenvalue weighted by Crippen LogP contribution is 2.29. The van der Waals surface area contributed by atoms with Crippen molar-refractivity contribution in [2.24, 2.45) is 0 Å². The van der Waals surface area contributed by atoms with E-state index in [2.05, 4.69) is 10.2 Å². The molecule has 2 amide bonds. The van der Waals surface area contributed by atoms with Crippen molar-refractivity contribution in [2.45, 2.75) is 31.7 Å². The minimum Gasteiger partial charge on any atom is -0.359 e. The molecule has 1 fully saturated rings. The van der Waals surface area contributed by atoms with Crippen LogP contribution in [0.2, 0.25) is 0 Å². The molecule has 1 aliphatic carbocycles. The van der Waals surface area contributed by atoms with E-state index in [-0.39, 0.29) is 11.8 Å². The van der Waals surface area contributed by atoms with E-state index < -0.39 is 0 Å². The van der Waals surface area contributed by atoms with E-state index in [1.54, 1.807) is 7.05 Å². The summed E-state index contributed by atoms with van der Waals surface area (Å²) in [5.74, 6) is 0.0371. The molecule has 5 heteroatoms. The molecule has 1 aromatic carbocycles. The summed E-state index contributed by atoms with van der Waals surface area (Å²) in [6.45, 7) is 1.40. The van der Waals surface area contributed by atoms with E-state index in [1.807, 2.05) is 43.3 Å². The van der Waals surface area contributed by atoms with Gasteiger partial charge in [0.1, 0.15) is 0 Å². The summed E-state index contributed by atoms with van der Waals surface area (Å²) in [5.41, 5.74) is 1.86. The fourth-order valence-corrected chi connectivity index (χ4v) is 2.63. The largest absolute Gasteiger partial charge is 0.359 e. The third-order valence-corrected chi connectivity index (χ3v) is 4.18. The van der Waals surface area contributed by atoms with E-state index in [4.69, 9.17) is 0 Å². The Labute approximate surface area is 138 Å². The minimum atomic E-state index is -0.0238. The van der Waals surface area contributed by atoms with Gasteiger partial charge in [0.25, 0.3) is 5.91 Å². The molecule has 2 rings (SSSR count). The number of rotatable bonds is 8. The first-order valence-corrected chi connectivity index (χ1v) is 8.27. The van der Waals surface area contributed by atoms with Crippen molar-refractivity contribution in [1.82, 2.24) is 15.1 Å². The number of nitrogens with one attached hydrogen (secondary N) is 1. The van der Waals surface area contributed by atoms with Gasteiger partial charge in [-0.1, -0.05) is 18.2 Å². The maximum absolute atomic E-state index is 13.0. The van der Waals surface area contributed by atoms with Gasteiger partial charge in [-0.2, -0.15) is 0 Å². The van der Waals surface area contributed by atoms with Crippen molar-refractivity contribution in [2.75, 3.05) is 34.2 Å². The Kier molecular flexibility index (Phi) is 6.16. The second kappa shape index (κ2) is 8.11. The maximum atomic E-state index is 13.0. The van der Waals surface area contributed by atoms with Crippen molar-refractivity contribution in [3.63, 3.8) is 0 Å². The Morgan fingerprint density at radius 1 is 1.17 bits per heavy atom. The quantitative estimate of drug-likeness (QED) is 0.791. The summed E-state index contributed by atoms with van der Waals surface area (Å²) in [6, 6.07) is 8.13. The fourth-order valence-electron chi connectivity index (χ4n) is 2.63. The topological polar surface area (TPSA) is 52.7 Å². The standard InChI is InChI=1S/C18H27N3O2/c1-19-17(22)11-13-21(15-8-9-15)18(23)16-7-5-4-6-14(16)10-12-20(2)3/h4-7,15H,8-13H2,1-3H3,(H,19,22). The lowest BCUT2D eigenvalue weighted by Crippen LogP contribution is -2.37. The van der Waals surface area contributed by atoms with Gasteiger partial charge in [-0.25, -0.2) is 0 Å². The Morgan fingerprint density at radius 3 is 2.48 bits per heavy atom. The van der Waals surface area contributed by atoms with Crippen LogP contribution in [0.4, 0.5) is 0 Å². The minimum absolute atomic E-state index is 0.0238. The third-order valence-electron chi connectivity index (χ3n) is 4.18. The lowest BCUT2D eigenvalue weighted by Gasteiger charge is -2.23. The highest BCUT2D eigenvalue weighted by Gasteiger charge is 2.33. The van der Waals surface area contributed by atoms with Crippen molar-refractivity contribution < 1.29 is 9.59 Å². The zero-order chi connectivity index (χ0) is 16.8. The van der Waals surface area contributed by atoms with Crippen LogP contribution in [0.3, 0.4) is 0 Å². The monoisotopic (exact) mass is 317 g/mol. The summed E-state index contributed by atoms with van der Waals surface area (Å²) >= 11 is 0. The Balaban J connectivity index is 2.11. The van der Waals surface area contributed by atoms with Gasteiger partial charge in [0.2, 0.25) is 5.91 Å². The molecule has 1 N–H and O–H groups in total. The number of benzene rings is 1. The summed E-state index contributed by atoms with van der Waals surface area (Å²) < 4.78 is 0. The van der Waals surface area contributed by atoms with Crippen LogP contribution in [-0.2, 0) is 11.2 Å². The number of hydrogen-bond donors (Lipinski definition) is 1. The van der Waals surface area contributed by atoms with E-state index in [1.165, 1.54) is 0 Å². The van der Waals surface area contributed by atoms with Crippen LogP contribution in [0.5, 0.6) is 0 Å². The zero-order valence-electron chi connectivity index (χ0n) is 14.3. The molecule has 0 bridgehead atoms. The van der Waals surface area contributed by atoms with Crippen molar-refractivity contribution >= 4 is 11.8 Å². The number of hydrogen-bond acceptors (Lipinski definition) is 3. The molecule has 0 saturated heterocycles. The third kappa shape index (κ3) is 5.06. The molecular weight excluding hydrogens is 290 g/mol. The van der Waals surface area contributed by atoms with Crippen LogP contribution in [0.15, 0.2) is 24.3 Å². The Morgan fingerprint density at radius 2 is 1.87 bits per heavy atom. The Bertz CT molecular complexity index is 553. The summed E-state index contributed by atoms with van der Waals surface area (Å²) in [5, 5.41) is 2.62. The molecule has 0 aromatic heterocycles. The maximum Gasteiger partial charge on any atom is 0.254 e. The average Bonchev–Trinajstić information content (AvgIpc) is 3.37. The Hall–Kier alpha value is -1.88. The van der Waals surface area contributed by atoms with Gasteiger partial charge >= 0.3 is 0 Å². The second-order valence-corrected chi connectivity index (χ2v) is 6.36. The highest BCUT2D eigenvalue weighted by atomic mass is 16.2. The van der Waals surface area contributed by atoms with Gasteiger partial charge in [-0.15, -0.1) is 0 Å². The van der Waals surface area contributed by atoms with E-state index in [0.29, 0.717) is 19.0 Å². The summed E-state index contributed by atoms with van der Waals surface area (Å²) in [4.78, 5) is 28.5. The van der Waals surface area contributed by atoms with Gasteiger partial charge in [-0.3, -0.25) is 9.59 Å².